The highest BCUT2D eigenvalue weighted by atomic mass is 16.6. The first-order valence-electron chi connectivity index (χ1n) is 8.26. The van der Waals surface area contributed by atoms with Crippen LogP contribution in [0.25, 0.3) is 0 Å². The summed E-state index contributed by atoms with van der Waals surface area (Å²) < 4.78 is 16.2. The lowest BCUT2D eigenvalue weighted by molar-refractivity contribution is -0.153. The van der Waals surface area contributed by atoms with Crippen LogP contribution in [0.15, 0.2) is 36.4 Å². The zero-order valence-electron chi connectivity index (χ0n) is 13.8. The first-order chi connectivity index (χ1) is 12.2. The second kappa shape index (κ2) is 4.85. The summed E-state index contributed by atoms with van der Waals surface area (Å²) in [6.07, 6.45) is 0. The highest BCUT2D eigenvalue weighted by molar-refractivity contribution is 6.00. The summed E-state index contributed by atoms with van der Waals surface area (Å²) in [5, 5.41) is 0. The zero-order chi connectivity index (χ0) is 17.3. The average Bonchev–Trinajstić information content (AvgIpc) is 2.95. The third-order valence-electron chi connectivity index (χ3n) is 5.79. The number of carbonyl (C=O) groups is 2. The molecule has 5 nitrogen and oxygen atoms in total. The molecule has 0 N–H and O–H groups in total. The standard InChI is InChI=1S/C20H16O5/c1-23-11-7-8-12(24-2)16-14-10-6-4-3-5-9(10)13(15(11)16)17-18(14)20(22)25-19(17)21/h3-8,13-14,17-18H,1-2H3/t13-,14+,17+,18-. The Morgan fingerprint density at radius 1 is 0.760 bits per heavy atom. The van der Waals surface area contributed by atoms with Gasteiger partial charge in [-0.3, -0.25) is 9.59 Å². The van der Waals surface area contributed by atoms with Crippen LogP contribution in [0.4, 0.5) is 0 Å². The van der Waals surface area contributed by atoms with Gasteiger partial charge >= 0.3 is 11.9 Å². The van der Waals surface area contributed by atoms with E-state index in [9.17, 15) is 9.59 Å². The minimum Gasteiger partial charge on any atom is -0.496 e. The Labute approximate surface area is 144 Å². The monoisotopic (exact) mass is 336 g/mol. The Balaban J connectivity index is 1.90. The first-order valence-corrected chi connectivity index (χ1v) is 8.26. The molecule has 1 heterocycles. The summed E-state index contributed by atoms with van der Waals surface area (Å²) in [6.45, 7) is 0. The van der Waals surface area contributed by atoms with Crippen molar-refractivity contribution in [2.75, 3.05) is 14.2 Å². The smallest absolute Gasteiger partial charge is 0.318 e. The number of benzene rings is 2. The molecule has 0 spiro atoms. The van der Waals surface area contributed by atoms with Gasteiger partial charge in [0.25, 0.3) is 0 Å². The fourth-order valence-corrected chi connectivity index (χ4v) is 4.94. The largest absolute Gasteiger partial charge is 0.496 e. The minimum atomic E-state index is -0.499. The van der Waals surface area contributed by atoms with E-state index in [1.165, 1.54) is 0 Å². The summed E-state index contributed by atoms with van der Waals surface area (Å²) in [7, 11) is 3.23. The number of carbonyl (C=O) groups excluding carboxylic acids is 2. The molecule has 4 atom stereocenters. The highest BCUT2D eigenvalue weighted by Gasteiger charge is 2.62. The molecule has 126 valence electrons. The maximum Gasteiger partial charge on any atom is 0.318 e. The molecular formula is C20H16O5. The molecule has 3 aliphatic carbocycles. The van der Waals surface area contributed by atoms with Gasteiger partial charge < -0.3 is 14.2 Å². The van der Waals surface area contributed by atoms with E-state index in [0.717, 1.165) is 22.3 Å². The molecular weight excluding hydrogens is 320 g/mol. The van der Waals surface area contributed by atoms with Crippen molar-refractivity contribution in [1.82, 2.24) is 0 Å². The van der Waals surface area contributed by atoms with Crippen LogP contribution in [0.3, 0.4) is 0 Å². The molecule has 0 saturated carbocycles. The number of ether oxygens (including phenoxy) is 3. The van der Waals surface area contributed by atoms with Crippen molar-refractivity contribution in [2.24, 2.45) is 11.8 Å². The van der Waals surface area contributed by atoms with Gasteiger partial charge in [-0.25, -0.2) is 0 Å². The lowest BCUT2D eigenvalue weighted by Gasteiger charge is -2.46. The van der Waals surface area contributed by atoms with Gasteiger partial charge in [0.15, 0.2) is 0 Å². The van der Waals surface area contributed by atoms with Crippen LogP contribution >= 0.6 is 0 Å². The molecule has 2 aromatic rings. The molecule has 5 heteroatoms. The fourth-order valence-electron chi connectivity index (χ4n) is 4.94. The quantitative estimate of drug-likeness (QED) is 0.623. The fraction of sp³-hybridized carbons (Fsp3) is 0.300. The van der Waals surface area contributed by atoms with Gasteiger partial charge in [-0.15, -0.1) is 0 Å². The van der Waals surface area contributed by atoms with Crippen molar-refractivity contribution >= 4 is 11.9 Å². The maximum atomic E-state index is 12.5. The second-order valence-electron chi connectivity index (χ2n) is 6.67. The molecule has 2 aromatic carbocycles. The Morgan fingerprint density at radius 3 is 1.60 bits per heavy atom. The van der Waals surface area contributed by atoms with Gasteiger partial charge in [0.2, 0.25) is 0 Å². The number of esters is 2. The Kier molecular flexibility index (Phi) is 2.82. The van der Waals surface area contributed by atoms with Crippen LogP contribution < -0.4 is 9.47 Å². The van der Waals surface area contributed by atoms with Crippen LogP contribution in [0, 0.1) is 11.8 Å². The van der Waals surface area contributed by atoms with Crippen LogP contribution in [-0.2, 0) is 14.3 Å². The maximum absolute atomic E-state index is 12.5. The number of hydrogen-bond acceptors (Lipinski definition) is 5. The van der Waals surface area contributed by atoms with E-state index >= 15 is 0 Å². The lowest BCUT2D eigenvalue weighted by Crippen LogP contribution is -2.41. The van der Waals surface area contributed by atoms with Crippen molar-refractivity contribution < 1.29 is 23.8 Å². The molecule has 4 aliphatic rings. The Morgan fingerprint density at radius 2 is 1.20 bits per heavy atom. The number of rotatable bonds is 2. The summed E-state index contributed by atoms with van der Waals surface area (Å²) in [4.78, 5) is 24.9. The molecule has 0 amide bonds. The van der Waals surface area contributed by atoms with Crippen molar-refractivity contribution in [1.29, 1.82) is 0 Å². The molecule has 0 aromatic heterocycles. The third kappa shape index (κ3) is 1.63. The van der Waals surface area contributed by atoms with Crippen LogP contribution in [0.5, 0.6) is 11.5 Å². The van der Waals surface area contributed by atoms with Gasteiger partial charge in [0.05, 0.1) is 26.1 Å². The van der Waals surface area contributed by atoms with Crippen molar-refractivity contribution in [3.05, 3.63) is 58.7 Å². The first kappa shape index (κ1) is 14.5. The summed E-state index contributed by atoms with van der Waals surface area (Å²) in [5.41, 5.74) is 4.02. The van der Waals surface area contributed by atoms with Gasteiger partial charge in [-0.2, -0.15) is 0 Å². The van der Waals surface area contributed by atoms with E-state index in [-0.39, 0.29) is 11.8 Å². The van der Waals surface area contributed by atoms with E-state index < -0.39 is 23.8 Å². The van der Waals surface area contributed by atoms with E-state index in [2.05, 4.69) is 0 Å². The van der Waals surface area contributed by atoms with Gasteiger partial charge in [-0.05, 0) is 23.3 Å². The predicted octanol–water partition coefficient (Wildman–Crippen LogP) is 2.61. The Hall–Kier alpha value is -2.82. The second-order valence-corrected chi connectivity index (χ2v) is 6.67. The van der Waals surface area contributed by atoms with Gasteiger partial charge in [0.1, 0.15) is 11.5 Å². The minimum absolute atomic E-state index is 0.259. The van der Waals surface area contributed by atoms with E-state index in [1.807, 2.05) is 36.4 Å². The topological polar surface area (TPSA) is 61.8 Å². The van der Waals surface area contributed by atoms with Crippen LogP contribution in [0.1, 0.15) is 34.1 Å². The van der Waals surface area contributed by atoms with Crippen molar-refractivity contribution in [2.45, 2.75) is 11.8 Å². The molecule has 1 fully saturated rings. The average molecular weight is 336 g/mol. The van der Waals surface area contributed by atoms with Crippen LogP contribution in [-0.4, -0.2) is 26.2 Å². The summed E-state index contributed by atoms with van der Waals surface area (Å²) in [5.74, 6) is -0.959. The highest BCUT2D eigenvalue weighted by Crippen LogP contribution is 2.64. The van der Waals surface area contributed by atoms with E-state index in [4.69, 9.17) is 14.2 Å². The van der Waals surface area contributed by atoms with Gasteiger partial charge in [0, 0.05) is 23.0 Å². The molecule has 25 heavy (non-hydrogen) atoms. The SMILES string of the molecule is COc1ccc(OC)c2c1[C@@H]1c3ccccc3[C@H]2[C@@H]2C(=O)OC(=O)[C@H]12. The Bertz CT molecular complexity index is 858. The van der Waals surface area contributed by atoms with Crippen molar-refractivity contribution in [3.63, 3.8) is 0 Å². The molecule has 1 aliphatic heterocycles. The predicted molar refractivity (Wildman–Crippen MR) is 87.8 cm³/mol. The molecule has 6 rings (SSSR count). The lowest BCUT2D eigenvalue weighted by atomic mass is 9.54. The molecule has 0 unspecified atom stereocenters. The normalized spacial score (nSPS) is 28.1. The molecule has 0 radical (unpaired) electrons. The zero-order valence-corrected chi connectivity index (χ0v) is 13.8. The summed E-state index contributed by atoms with van der Waals surface area (Å²) in [6, 6.07) is 11.7. The van der Waals surface area contributed by atoms with E-state index in [1.54, 1.807) is 14.2 Å². The third-order valence-corrected chi connectivity index (χ3v) is 5.79. The van der Waals surface area contributed by atoms with Crippen LogP contribution in [0.2, 0.25) is 0 Å². The number of cyclic esters (lactones) is 2. The number of methoxy groups -OCH3 is 2. The van der Waals surface area contributed by atoms with Gasteiger partial charge in [-0.1, -0.05) is 24.3 Å². The molecule has 1 saturated heterocycles. The van der Waals surface area contributed by atoms with E-state index in [0.29, 0.717) is 11.5 Å². The number of hydrogen-bond donors (Lipinski definition) is 0. The van der Waals surface area contributed by atoms with Crippen molar-refractivity contribution in [3.8, 4) is 11.5 Å². The summed E-state index contributed by atoms with van der Waals surface area (Å²) >= 11 is 0. The molecule has 2 bridgehead atoms.